The van der Waals surface area contributed by atoms with Gasteiger partial charge in [-0.3, -0.25) is 9.59 Å². The number of nitrogens with zero attached hydrogens (tertiary/aromatic N) is 1. The van der Waals surface area contributed by atoms with Crippen LogP contribution in [0.2, 0.25) is 0 Å². The van der Waals surface area contributed by atoms with Gasteiger partial charge in [0.05, 0.1) is 6.61 Å². The molecule has 0 heterocycles. The highest BCUT2D eigenvalue weighted by molar-refractivity contribution is 6.07. The van der Waals surface area contributed by atoms with Crippen LogP contribution >= 0.6 is 0 Å². The summed E-state index contributed by atoms with van der Waals surface area (Å²) in [5, 5.41) is 0. The Morgan fingerprint density at radius 3 is 2.23 bits per heavy atom. The number of hydrogen-bond acceptors (Lipinski definition) is 3. The van der Waals surface area contributed by atoms with Crippen LogP contribution in [0, 0.1) is 0 Å². The van der Waals surface area contributed by atoms with Crippen LogP contribution in [0.4, 0.5) is 0 Å². The molecule has 0 N–H and O–H groups in total. The molecule has 0 atom stereocenters. The Bertz CT molecular complexity index is 805. The van der Waals surface area contributed by atoms with E-state index in [1.165, 1.54) is 10.5 Å². The second kappa shape index (κ2) is 8.99. The Morgan fingerprint density at radius 2 is 1.65 bits per heavy atom. The molecule has 0 unspecified atom stereocenters. The first kappa shape index (κ1) is 19.4. The summed E-state index contributed by atoms with van der Waals surface area (Å²) in [5.41, 5.74) is 3.18. The van der Waals surface area contributed by atoms with E-state index >= 15 is 0 Å². The Labute approximate surface area is 155 Å². The first-order chi connectivity index (χ1) is 12.5. The van der Waals surface area contributed by atoms with E-state index in [0.29, 0.717) is 17.7 Å². The van der Waals surface area contributed by atoms with Crippen molar-refractivity contribution in [2.75, 3.05) is 20.7 Å². The number of allylic oxidation sites excluding steroid dienone is 1. The molecule has 4 nitrogen and oxygen atoms in total. The zero-order valence-electron chi connectivity index (χ0n) is 15.8. The zero-order valence-corrected chi connectivity index (χ0v) is 15.8. The summed E-state index contributed by atoms with van der Waals surface area (Å²) in [4.78, 5) is 25.8. The summed E-state index contributed by atoms with van der Waals surface area (Å²) < 4.78 is 5.63. The molecule has 136 valence electrons. The normalized spacial score (nSPS) is 10.8. The van der Waals surface area contributed by atoms with Gasteiger partial charge in [0, 0.05) is 30.8 Å². The molecule has 2 rings (SSSR count). The highest BCUT2D eigenvalue weighted by Gasteiger charge is 2.09. The maximum absolute atomic E-state index is 12.4. The number of ether oxygens (including phenoxy) is 1. The minimum Gasteiger partial charge on any atom is -0.493 e. The molecule has 0 aliphatic carbocycles. The van der Waals surface area contributed by atoms with E-state index < -0.39 is 0 Å². The molecule has 0 aromatic heterocycles. The van der Waals surface area contributed by atoms with E-state index in [0.717, 1.165) is 17.7 Å². The van der Waals surface area contributed by atoms with E-state index in [9.17, 15) is 9.59 Å². The molecule has 4 heteroatoms. The van der Waals surface area contributed by atoms with Crippen molar-refractivity contribution in [3.63, 3.8) is 0 Å². The number of carbonyl (C=O) groups is 2. The summed E-state index contributed by atoms with van der Waals surface area (Å²) in [7, 11) is 3.40. The number of hydrogen-bond donors (Lipinski definition) is 0. The predicted molar refractivity (Wildman–Crippen MR) is 105 cm³/mol. The molecule has 0 saturated carbocycles. The van der Waals surface area contributed by atoms with Gasteiger partial charge in [0.1, 0.15) is 5.75 Å². The zero-order chi connectivity index (χ0) is 19.1. The first-order valence-corrected chi connectivity index (χ1v) is 8.76. The minimum atomic E-state index is -0.113. The lowest BCUT2D eigenvalue weighted by Gasteiger charge is -2.10. The number of rotatable bonds is 7. The lowest BCUT2D eigenvalue weighted by atomic mass is 10.0. The molecule has 2 aromatic rings. The van der Waals surface area contributed by atoms with E-state index in [4.69, 9.17) is 4.74 Å². The molecule has 1 amide bonds. The van der Waals surface area contributed by atoms with Crippen molar-refractivity contribution in [3.8, 4) is 5.75 Å². The van der Waals surface area contributed by atoms with Crippen LogP contribution in [0.15, 0.2) is 48.5 Å². The number of aryl methyl sites for hydroxylation is 1. The fraction of sp³-hybridized carbons (Fsp3) is 0.273. The third kappa shape index (κ3) is 4.82. The topological polar surface area (TPSA) is 46.6 Å². The van der Waals surface area contributed by atoms with Crippen molar-refractivity contribution in [2.45, 2.75) is 20.3 Å². The number of carbonyl (C=O) groups excluding carboxylic acids is 2. The maximum Gasteiger partial charge on any atom is 0.253 e. The molecular formula is C22H25NO3. The molecule has 0 fully saturated rings. The Kier molecular flexibility index (Phi) is 6.73. The quantitative estimate of drug-likeness (QED) is 0.553. The second-order valence-corrected chi connectivity index (χ2v) is 6.13. The standard InChI is InChI=1S/C22H25NO3/c1-5-16-7-14-21(26-6-2)19(15-16)12-13-20(24)17-8-10-18(11-9-17)22(25)23(3)4/h7-15H,5-6H2,1-4H3. The van der Waals surface area contributed by atoms with Crippen molar-refractivity contribution in [1.29, 1.82) is 0 Å². The lowest BCUT2D eigenvalue weighted by Crippen LogP contribution is -2.21. The van der Waals surface area contributed by atoms with Crippen molar-refractivity contribution in [1.82, 2.24) is 4.90 Å². The SMILES string of the molecule is CCOc1ccc(CC)cc1C=CC(=O)c1ccc(C(=O)N(C)C)cc1. The number of benzene rings is 2. The third-order valence-corrected chi connectivity index (χ3v) is 4.02. The number of amides is 1. The van der Waals surface area contributed by atoms with Gasteiger partial charge in [0.15, 0.2) is 5.78 Å². The van der Waals surface area contributed by atoms with Gasteiger partial charge in [-0.25, -0.2) is 0 Å². The Morgan fingerprint density at radius 1 is 1.00 bits per heavy atom. The van der Waals surface area contributed by atoms with Crippen molar-refractivity contribution < 1.29 is 14.3 Å². The predicted octanol–water partition coefficient (Wildman–Crippen LogP) is 4.25. The highest BCUT2D eigenvalue weighted by Crippen LogP contribution is 2.22. The third-order valence-electron chi connectivity index (χ3n) is 4.02. The van der Waals surface area contributed by atoms with Crippen LogP contribution in [0.5, 0.6) is 5.75 Å². The average molecular weight is 351 g/mol. The van der Waals surface area contributed by atoms with Crippen LogP contribution < -0.4 is 4.74 Å². The van der Waals surface area contributed by atoms with E-state index in [2.05, 4.69) is 6.92 Å². The van der Waals surface area contributed by atoms with E-state index in [1.54, 1.807) is 50.5 Å². The first-order valence-electron chi connectivity index (χ1n) is 8.76. The molecule has 0 saturated heterocycles. The maximum atomic E-state index is 12.4. The van der Waals surface area contributed by atoms with Crippen LogP contribution in [-0.2, 0) is 6.42 Å². The molecule has 26 heavy (non-hydrogen) atoms. The van der Waals surface area contributed by atoms with Crippen LogP contribution in [0.3, 0.4) is 0 Å². The number of ketones is 1. The van der Waals surface area contributed by atoms with Gasteiger partial charge < -0.3 is 9.64 Å². The lowest BCUT2D eigenvalue weighted by molar-refractivity contribution is 0.0827. The smallest absolute Gasteiger partial charge is 0.253 e. The van der Waals surface area contributed by atoms with E-state index in [-0.39, 0.29) is 11.7 Å². The molecule has 2 aromatic carbocycles. The highest BCUT2D eigenvalue weighted by atomic mass is 16.5. The van der Waals surface area contributed by atoms with Crippen LogP contribution in [-0.4, -0.2) is 37.3 Å². The monoisotopic (exact) mass is 351 g/mol. The average Bonchev–Trinajstić information content (AvgIpc) is 2.66. The van der Waals surface area contributed by atoms with E-state index in [1.807, 2.05) is 25.1 Å². The molecule has 0 aliphatic rings. The Balaban J connectivity index is 2.20. The largest absolute Gasteiger partial charge is 0.493 e. The van der Waals surface area contributed by atoms with Crippen molar-refractivity contribution in [3.05, 3.63) is 70.8 Å². The van der Waals surface area contributed by atoms with Gasteiger partial charge in [0.25, 0.3) is 5.91 Å². The summed E-state index contributed by atoms with van der Waals surface area (Å²) >= 11 is 0. The van der Waals surface area contributed by atoms with Gasteiger partial charge in [-0.15, -0.1) is 0 Å². The summed E-state index contributed by atoms with van der Waals surface area (Å²) in [5.74, 6) is 0.566. The van der Waals surface area contributed by atoms with Gasteiger partial charge in [0.2, 0.25) is 0 Å². The second-order valence-electron chi connectivity index (χ2n) is 6.13. The summed E-state index contributed by atoms with van der Waals surface area (Å²) in [6, 6.07) is 12.7. The molecule has 0 aliphatic heterocycles. The van der Waals surface area contributed by atoms with Crippen LogP contribution in [0.1, 0.15) is 45.7 Å². The molecular weight excluding hydrogens is 326 g/mol. The van der Waals surface area contributed by atoms with Crippen molar-refractivity contribution in [2.24, 2.45) is 0 Å². The van der Waals surface area contributed by atoms with Crippen molar-refractivity contribution >= 4 is 17.8 Å². The molecule has 0 spiro atoms. The summed E-state index contributed by atoms with van der Waals surface area (Å²) in [6.45, 7) is 4.59. The van der Waals surface area contributed by atoms with Gasteiger partial charge in [-0.2, -0.15) is 0 Å². The Hall–Kier alpha value is -2.88. The molecule has 0 bridgehead atoms. The molecule has 0 radical (unpaired) electrons. The van der Waals surface area contributed by atoms with Gasteiger partial charge in [-0.1, -0.05) is 25.1 Å². The minimum absolute atomic E-state index is 0.0859. The fourth-order valence-electron chi connectivity index (χ4n) is 2.53. The fourth-order valence-corrected chi connectivity index (χ4v) is 2.53. The van der Waals surface area contributed by atoms with Gasteiger partial charge in [-0.05, 0) is 55.3 Å². The summed E-state index contributed by atoms with van der Waals surface area (Å²) in [6.07, 6.45) is 4.24. The van der Waals surface area contributed by atoms with Crippen LogP contribution in [0.25, 0.3) is 6.08 Å². The van der Waals surface area contributed by atoms with Gasteiger partial charge >= 0.3 is 0 Å².